The van der Waals surface area contributed by atoms with Gasteiger partial charge in [-0.1, -0.05) is 77.8 Å². The molecule has 152 valence electrons. The summed E-state index contributed by atoms with van der Waals surface area (Å²) < 4.78 is 17.3. The molecule has 0 heterocycles. The second-order valence-corrected chi connectivity index (χ2v) is 8.50. The summed E-state index contributed by atoms with van der Waals surface area (Å²) in [5.41, 5.74) is 1.80. The molecule has 1 unspecified atom stereocenters. The molecule has 0 spiro atoms. The lowest BCUT2D eigenvalue weighted by molar-refractivity contribution is 0.0608. The minimum atomic E-state index is -0.298. The van der Waals surface area contributed by atoms with Gasteiger partial charge in [0.25, 0.3) is 0 Å². The van der Waals surface area contributed by atoms with E-state index in [0.29, 0.717) is 17.4 Å². The van der Waals surface area contributed by atoms with E-state index < -0.39 is 0 Å². The summed E-state index contributed by atoms with van der Waals surface area (Å²) in [6.07, 6.45) is 0. The molecule has 0 fully saturated rings. The zero-order valence-electron chi connectivity index (χ0n) is 16.7. The van der Waals surface area contributed by atoms with Crippen molar-refractivity contribution in [2.75, 3.05) is 7.11 Å². The molecule has 0 N–H and O–H groups in total. The number of hydrogen-bond acceptors (Lipinski definition) is 3. The molecule has 0 aromatic heterocycles. The zero-order valence-corrected chi connectivity index (χ0v) is 19.0. The highest BCUT2D eigenvalue weighted by Gasteiger charge is 2.31. The van der Waals surface area contributed by atoms with Crippen molar-refractivity contribution < 1.29 is 14.2 Å². The van der Waals surface area contributed by atoms with Crippen molar-refractivity contribution in [2.24, 2.45) is 0 Å². The molecule has 0 aliphatic rings. The first-order valence-electron chi connectivity index (χ1n) is 9.31. The topological polar surface area (TPSA) is 27.7 Å². The molecule has 0 aliphatic carbocycles. The fourth-order valence-electron chi connectivity index (χ4n) is 2.90. The Kier molecular flexibility index (Phi) is 7.23. The summed E-state index contributed by atoms with van der Waals surface area (Å²) in [4.78, 5) is 0. The Morgan fingerprint density at radius 1 is 0.931 bits per heavy atom. The van der Waals surface area contributed by atoms with Crippen LogP contribution in [0.3, 0.4) is 0 Å². The average Bonchev–Trinajstić information content (AvgIpc) is 2.73. The summed E-state index contributed by atoms with van der Waals surface area (Å²) in [6.45, 7) is 4.67. The molecule has 0 saturated carbocycles. The van der Waals surface area contributed by atoms with Crippen LogP contribution in [0.5, 0.6) is 17.2 Å². The van der Waals surface area contributed by atoms with E-state index in [-0.39, 0.29) is 10.4 Å². The number of hydrogen-bond donors (Lipinski definition) is 0. The fraction of sp³-hybridized carbons (Fsp3) is 0.250. The lowest BCUT2D eigenvalue weighted by atomic mass is 9.85. The third kappa shape index (κ3) is 5.53. The van der Waals surface area contributed by atoms with E-state index >= 15 is 0 Å². The Labute approximate surface area is 185 Å². The highest BCUT2D eigenvalue weighted by molar-refractivity contribution is 9.09. The van der Waals surface area contributed by atoms with E-state index in [2.05, 4.69) is 29.8 Å². The van der Waals surface area contributed by atoms with Crippen LogP contribution in [-0.2, 0) is 16.8 Å². The normalized spacial score (nSPS) is 12.4. The molecule has 0 saturated heterocycles. The zero-order chi connectivity index (χ0) is 20.9. The average molecular weight is 476 g/mol. The summed E-state index contributed by atoms with van der Waals surface area (Å²) in [5, 5.41) is 0.377. The van der Waals surface area contributed by atoms with Crippen LogP contribution in [0.15, 0.2) is 72.8 Å². The minimum absolute atomic E-state index is 0.210. The van der Waals surface area contributed by atoms with E-state index in [1.165, 1.54) is 0 Å². The lowest BCUT2D eigenvalue weighted by Crippen LogP contribution is -2.31. The maximum absolute atomic E-state index is 6.30. The van der Waals surface area contributed by atoms with Crippen LogP contribution in [0.1, 0.15) is 25.0 Å². The van der Waals surface area contributed by atoms with Crippen molar-refractivity contribution in [1.82, 2.24) is 0 Å². The number of rotatable bonds is 8. The largest absolute Gasteiger partial charge is 0.495 e. The van der Waals surface area contributed by atoms with Gasteiger partial charge >= 0.3 is 0 Å². The highest BCUT2D eigenvalue weighted by Crippen LogP contribution is 2.37. The Morgan fingerprint density at radius 2 is 1.66 bits per heavy atom. The third-order valence-corrected chi connectivity index (χ3v) is 6.44. The van der Waals surface area contributed by atoms with Gasteiger partial charge in [-0.05, 0) is 47.5 Å². The second-order valence-electron chi connectivity index (χ2n) is 7.26. The number of benzene rings is 3. The monoisotopic (exact) mass is 474 g/mol. The number of alkyl halides is 1. The van der Waals surface area contributed by atoms with Gasteiger partial charge in [0.05, 0.1) is 18.7 Å². The van der Waals surface area contributed by atoms with Gasteiger partial charge in [-0.2, -0.15) is 0 Å². The molecule has 3 aromatic rings. The van der Waals surface area contributed by atoms with Gasteiger partial charge in [-0.3, -0.25) is 0 Å². The van der Waals surface area contributed by atoms with Crippen molar-refractivity contribution >= 4 is 27.5 Å². The highest BCUT2D eigenvalue weighted by atomic mass is 79.9. The molecule has 3 aromatic carbocycles. The predicted octanol–water partition coefficient (Wildman–Crippen LogP) is 7.36. The van der Waals surface area contributed by atoms with Gasteiger partial charge in [0, 0.05) is 5.41 Å². The fourth-order valence-corrected chi connectivity index (χ4v) is 3.55. The van der Waals surface area contributed by atoms with Crippen LogP contribution in [-0.4, -0.2) is 12.1 Å². The maximum atomic E-state index is 6.30. The van der Waals surface area contributed by atoms with Crippen LogP contribution < -0.4 is 9.47 Å². The molecular formula is C24H24BrClO3. The quantitative estimate of drug-likeness (QED) is 0.319. The first-order valence-corrected chi connectivity index (χ1v) is 10.6. The predicted molar refractivity (Wildman–Crippen MR) is 121 cm³/mol. The van der Waals surface area contributed by atoms with Crippen molar-refractivity contribution in [3.05, 3.63) is 88.9 Å². The van der Waals surface area contributed by atoms with E-state index in [0.717, 1.165) is 22.6 Å². The van der Waals surface area contributed by atoms with E-state index in [9.17, 15) is 0 Å². The van der Waals surface area contributed by atoms with Gasteiger partial charge in [0.2, 0.25) is 0 Å². The molecule has 1 atom stereocenters. The van der Waals surface area contributed by atoms with Gasteiger partial charge in [0.1, 0.15) is 22.3 Å². The van der Waals surface area contributed by atoms with Crippen molar-refractivity contribution in [2.45, 2.75) is 30.9 Å². The molecule has 0 amide bonds. The third-order valence-electron chi connectivity index (χ3n) is 4.74. The van der Waals surface area contributed by atoms with Crippen molar-refractivity contribution in [3.63, 3.8) is 0 Å². The summed E-state index contributed by atoms with van der Waals surface area (Å²) >= 11 is 10.0. The Bertz CT molecular complexity index is 944. The summed E-state index contributed by atoms with van der Waals surface area (Å²) in [6, 6.07) is 23.5. The molecular weight excluding hydrogens is 452 g/mol. The Balaban J connectivity index is 1.66. The number of methoxy groups -OCH3 is 1. The molecule has 0 aliphatic heterocycles. The van der Waals surface area contributed by atoms with E-state index in [1.54, 1.807) is 7.11 Å². The Morgan fingerprint density at radius 3 is 2.34 bits per heavy atom. The molecule has 0 radical (unpaired) electrons. The molecule has 3 rings (SSSR count). The van der Waals surface area contributed by atoms with Crippen molar-refractivity contribution in [1.29, 1.82) is 0 Å². The van der Waals surface area contributed by atoms with Crippen LogP contribution in [0, 0.1) is 0 Å². The van der Waals surface area contributed by atoms with Gasteiger partial charge < -0.3 is 14.2 Å². The van der Waals surface area contributed by atoms with Crippen LogP contribution in [0.2, 0.25) is 5.02 Å². The summed E-state index contributed by atoms with van der Waals surface area (Å²) in [7, 11) is 1.61. The van der Waals surface area contributed by atoms with Crippen LogP contribution in [0.25, 0.3) is 0 Å². The van der Waals surface area contributed by atoms with Crippen molar-refractivity contribution in [3.8, 4) is 17.2 Å². The molecule has 0 bridgehead atoms. The molecule has 3 nitrogen and oxygen atoms in total. The maximum Gasteiger partial charge on any atom is 0.137 e. The second kappa shape index (κ2) is 9.66. The first-order chi connectivity index (χ1) is 13.9. The van der Waals surface area contributed by atoms with E-state index in [4.69, 9.17) is 25.8 Å². The number of para-hydroxylation sites is 1. The minimum Gasteiger partial charge on any atom is -0.495 e. The van der Waals surface area contributed by atoms with Crippen LogP contribution in [0.4, 0.5) is 0 Å². The lowest BCUT2D eigenvalue weighted by Gasteiger charge is -2.31. The number of halogens is 2. The van der Waals surface area contributed by atoms with Gasteiger partial charge in [0.15, 0.2) is 0 Å². The molecule has 29 heavy (non-hydrogen) atoms. The Hall–Kier alpha value is -2.01. The standard InChI is InChI=1S/C24H24BrClO3/c1-24(2,18-12-13-22(27-3)21(26)15-18)23(25)28-16-17-8-7-11-20(14-17)29-19-9-5-4-6-10-19/h4-15,23H,16H2,1-3H3. The van der Waals surface area contributed by atoms with Crippen LogP contribution >= 0.6 is 27.5 Å². The SMILES string of the molecule is COc1ccc(C(C)(C)C(Br)OCc2cccc(Oc3ccccc3)c2)cc1Cl. The van der Waals surface area contributed by atoms with Gasteiger partial charge in [-0.25, -0.2) is 0 Å². The van der Waals surface area contributed by atoms with Gasteiger partial charge in [-0.15, -0.1) is 0 Å². The first kappa shape index (κ1) is 21.7. The summed E-state index contributed by atoms with van der Waals surface area (Å²) in [5.74, 6) is 2.25. The number of ether oxygens (including phenoxy) is 3. The smallest absolute Gasteiger partial charge is 0.137 e. The van der Waals surface area contributed by atoms with E-state index in [1.807, 2.05) is 72.8 Å². The molecule has 5 heteroatoms.